The van der Waals surface area contributed by atoms with E-state index in [1.807, 2.05) is 17.9 Å². The van der Waals surface area contributed by atoms with Crippen molar-refractivity contribution in [3.8, 4) is 5.75 Å². The molecule has 0 radical (unpaired) electrons. The zero-order valence-electron chi connectivity index (χ0n) is 18.0. The molecule has 2 N–H and O–H groups in total. The van der Waals surface area contributed by atoms with Crippen molar-refractivity contribution in [3.63, 3.8) is 0 Å². The van der Waals surface area contributed by atoms with Crippen LogP contribution in [-0.2, 0) is 4.79 Å². The van der Waals surface area contributed by atoms with Crippen molar-refractivity contribution in [3.05, 3.63) is 53.6 Å². The standard InChI is InChI=1S/C22H23F3N4O3S/c1-14-4-3-5-17(18(14)32-2)19(30)27-21(33)26-15-6-8-16(9-7-15)28-10-12-29(13-11-28)20(31)22(23,24)25/h3-9H,10-13H2,1-2H3,(H2,26,27,30,33). The number of benzene rings is 2. The summed E-state index contributed by atoms with van der Waals surface area (Å²) >= 11 is 5.23. The third kappa shape index (κ3) is 5.92. The Morgan fingerprint density at radius 1 is 1.03 bits per heavy atom. The minimum absolute atomic E-state index is 0.00309. The van der Waals surface area contributed by atoms with Gasteiger partial charge in [-0.05, 0) is 55.0 Å². The molecular weight excluding hydrogens is 457 g/mol. The lowest BCUT2D eigenvalue weighted by Crippen LogP contribution is -2.52. The van der Waals surface area contributed by atoms with Gasteiger partial charge in [0.1, 0.15) is 5.75 Å². The van der Waals surface area contributed by atoms with Crippen molar-refractivity contribution in [1.29, 1.82) is 0 Å². The predicted molar refractivity (Wildman–Crippen MR) is 123 cm³/mol. The number of nitrogens with zero attached hydrogens (tertiary/aromatic N) is 2. The molecule has 1 heterocycles. The Bertz CT molecular complexity index is 1040. The van der Waals surface area contributed by atoms with Crippen molar-refractivity contribution < 1.29 is 27.5 Å². The van der Waals surface area contributed by atoms with Crippen LogP contribution in [0.5, 0.6) is 5.75 Å². The monoisotopic (exact) mass is 480 g/mol. The number of thiocarbonyl (C=S) groups is 1. The Hall–Kier alpha value is -3.34. The highest BCUT2D eigenvalue weighted by Gasteiger charge is 2.43. The molecule has 1 fully saturated rings. The number of carbonyl (C=O) groups is 2. The van der Waals surface area contributed by atoms with Crippen LogP contribution in [0.25, 0.3) is 0 Å². The van der Waals surface area contributed by atoms with Gasteiger partial charge in [0.2, 0.25) is 0 Å². The Balaban J connectivity index is 1.55. The van der Waals surface area contributed by atoms with E-state index in [0.717, 1.165) is 16.2 Å². The molecule has 0 atom stereocenters. The van der Waals surface area contributed by atoms with Gasteiger partial charge in [-0.3, -0.25) is 14.9 Å². The maximum atomic E-state index is 12.6. The molecule has 33 heavy (non-hydrogen) atoms. The number of hydrogen-bond donors (Lipinski definition) is 2. The number of nitrogens with one attached hydrogen (secondary N) is 2. The summed E-state index contributed by atoms with van der Waals surface area (Å²) in [7, 11) is 1.49. The highest BCUT2D eigenvalue weighted by molar-refractivity contribution is 7.80. The van der Waals surface area contributed by atoms with E-state index in [0.29, 0.717) is 30.1 Å². The van der Waals surface area contributed by atoms with Crippen LogP contribution >= 0.6 is 12.2 Å². The number of amides is 2. The van der Waals surface area contributed by atoms with Crippen LogP contribution < -0.4 is 20.3 Å². The quantitative estimate of drug-likeness (QED) is 0.654. The molecule has 0 unspecified atom stereocenters. The number of anilines is 2. The summed E-state index contributed by atoms with van der Waals surface area (Å²) in [5.74, 6) is -1.74. The van der Waals surface area contributed by atoms with Crippen LogP contribution in [0.3, 0.4) is 0 Å². The number of hydrogen-bond acceptors (Lipinski definition) is 5. The van der Waals surface area contributed by atoms with Gasteiger partial charge in [-0.1, -0.05) is 12.1 Å². The lowest BCUT2D eigenvalue weighted by molar-refractivity contribution is -0.185. The fourth-order valence-electron chi connectivity index (χ4n) is 3.54. The van der Waals surface area contributed by atoms with Gasteiger partial charge in [-0.2, -0.15) is 13.2 Å². The number of methoxy groups -OCH3 is 1. The number of para-hydroxylation sites is 1. The first kappa shape index (κ1) is 24.3. The average molecular weight is 481 g/mol. The number of halogens is 3. The molecular formula is C22H23F3N4O3S. The second kappa shape index (κ2) is 10.1. The second-order valence-corrected chi connectivity index (χ2v) is 7.80. The van der Waals surface area contributed by atoms with E-state index in [9.17, 15) is 22.8 Å². The molecule has 176 valence electrons. The van der Waals surface area contributed by atoms with E-state index < -0.39 is 18.0 Å². The molecule has 2 amide bonds. The van der Waals surface area contributed by atoms with Gasteiger partial charge in [0.25, 0.3) is 5.91 Å². The first-order valence-corrected chi connectivity index (χ1v) is 10.5. The Labute approximate surface area is 194 Å². The van der Waals surface area contributed by atoms with Gasteiger partial charge in [-0.25, -0.2) is 0 Å². The van der Waals surface area contributed by atoms with E-state index >= 15 is 0 Å². The summed E-state index contributed by atoms with van der Waals surface area (Å²) in [4.78, 5) is 26.6. The smallest absolute Gasteiger partial charge is 0.471 e. The van der Waals surface area contributed by atoms with Crippen molar-refractivity contribution in [2.45, 2.75) is 13.1 Å². The van der Waals surface area contributed by atoms with E-state index in [2.05, 4.69) is 10.6 Å². The number of rotatable bonds is 4. The molecule has 3 rings (SSSR count). The largest absolute Gasteiger partial charge is 0.496 e. The first-order chi connectivity index (χ1) is 15.6. The lowest BCUT2D eigenvalue weighted by Gasteiger charge is -2.36. The molecule has 1 saturated heterocycles. The van der Waals surface area contributed by atoms with Crippen LogP contribution in [0.15, 0.2) is 42.5 Å². The van der Waals surface area contributed by atoms with Crippen LogP contribution in [0.2, 0.25) is 0 Å². The average Bonchev–Trinajstić information content (AvgIpc) is 2.78. The number of piperazine rings is 1. The van der Waals surface area contributed by atoms with Gasteiger partial charge >= 0.3 is 12.1 Å². The molecule has 0 bridgehead atoms. The van der Waals surface area contributed by atoms with Crippen molar-refractivity contribution in [2.75, 3.05) is 43.5 Å². The Kier molecular flexibility index (Phi) is 7.42. The van der Waals surface area contributed by atoms with Gasteiger partial charge in [0.05, 0.1) is 12.7 Å². The Morgan fingerprint density at radius 2 is 1.67 bits per heavy atom. The summed E-state index contributed by atoms with van der Waals surface area (Å²) in [5, 5.41) is 5.65. The maximum Gasteiger partial charge on any atom is 0.471 e. The van der Waals surface area contributed by atoms with Crippen molar-refractivity contribution in [1.82, 2.24) is 10.2 Å². The summed E-state index contributed by atoms with van der Waals surface area (Å²) in [6.07, 6.45) is -4.85. The number of ether oxygens (including phenoxy) is 1. The molecule has 0 spiro atoms. The zero-order chi connectivity index (χ0) is 24.2. The predicted octanol–water partition coefficient (Wildman–Crippen LogP) is 3.34. The summed E-state index contributed by atoms with van der Waals surface area (Å²) in [5.41, 5.74) is 2.62. The lowest BCUT2D eigenvalue weighted by atomic mass is 10.1. The molecule has 7 nitrogen and oxygen atoms in total. The minimum atomic E-state index is -4.85. The van der Waals surface area contributed by atoms with E-state index in [-0.39, 0.29) is 18.2 Å². The maximum absolute atomic E-state index is 12.6. The molecule has 2 aromatic rings. The van der Waals surface area contributed by atoms with Crippen molar-refractivity contribution >= 4 is 40.5 Å². The molecule has 11 heteroatoms. The third-order valence-electron chi connectivity index (χ3n) is 5.19. The van der Waals surface area contributed by atoms with Crippen LogP contribution in [0.1, 0.15) is 15.9 Å². The topological polar surface area (TPSA) is 73.9 Å². The summed E-state index contributed by atoms with van der Waals surface area (Å²) < 4.78 is 43.0. The first-order valence-electron chi connectivity index (χ1n) is 10.1. The zero-order valence-corrected chi connectivity index (χ0v) is 18.8. The molecule has 0 aromatic heterocycles. The van der Waals surface area contributed by atoms with Gasteiger partial charge in [-0.15, -0.1) is 0 Å². The van der Waals surface area contributed by atoms with E-state index in [4.69, 9.17) is 17.0 Å². The third-order valence-corrected chi connectivity index (χ3v) is 5.39. The van der Waals surface area contributed by atoms with Gasteiger partial charge in [0.15, 0.2) is 5.11 Å². The van der Waals surface area contributed by atoms with Crippen molar-refractivity contribution in [2.24, 2.45) is 0 Å². The summed E-state index contributed by atoms with van der Waals surface area (Å²) in [6.45, 7) is 2.42. The normalized spacial score (nSPS) is 14.0. The molecule has 1 aliphatic rings. The number of carbonyl (C=O) groups excluding carboxylic acids is 2. The summed E-state index contributed by atoms with van der Waals surface area (Å²) in [6, 6.07) is 12.3. The molecule has 0 saturated carbocycles. The van der Waals surface area contributed by atoms with Crippen LogP contribution in [0, 0.1) is 6.92 Å². The fourth-order valence-corrected chi connectivity index (χ4v) is 3.75. The van der Waals surface area contributed by atoms with Crippen LogP contribution in [0.4, 0.5) is 24.5 Å². The highest BCUT2D eigenvalue weighted by atomic mass is 32.1. The Morgan fingerprint density at radius 3 is 2.24 bits per heavy atom. The van der Waals surface area contributed by atoms with E-state index in [1.54, 1.807) is 36.4 Å². The molecule has 2 aromatic carbocycles. The van der Waals surface area contributed by atoms with E-state index in [1.165, 1.54) is 7.11 Å². The number of alkyl halides is 3. The highest BCUT2D eigenvalue weighted by Crippen LogP contribution is 2.24. The number of aryl methyl sites for hydroxylation is 1. The molecule has 1 aliphatic heterocycles. The fraction of sp³-hybridized carbons (Fsp3) is 0.318. The SMILES string of the molecule is COc1c(C)cccc1C(=O)NC(=S)Nc1ccc(N2CCN(C(=O)C(F)(F)F)CC2)cc1. The van der Waals surface area contributed by atoms with Crippen LogP contribution in [-0.4, -0.2) is 61.3 Å². The van der Waals surface area contributed by atoms with Gasteiger partial charge < -0.3 is 19.9 Å². The van der Waals surface area contributed by atoms with Gasteiger partial charge in [0, 0.05) is 37.6 Å². The minimum Gasteiger partial charge on any atom is -0.496 e. The second-order valence-electron chi connectivity index (χ2n) is 7.39. The molecule has 0 aliphatic carbocycles.